The highest BCUT2D eigenvalue weighted by atomic mass is 16.2. The first kappa shape index (κ1) is 16.8. The van der Waals surface area contributed by atoms with Crippen molar-refractivity contribution in [2.24, 2.45) is 0 Å². The predicted octanol–water partition coefficient (Wildman–Crippen LogP) is 3.82. The van der Waals surface area contributed by atoms with Crippen molar-refractivity contribution in [2.45, 2.75) is 32.6 Å². The lowest BCUT2D eigenvalue weighted by Crippen LogP contribution is -2.36. The smallest absolute Gasteiger partial charge is 0.258 e. The molecule has 2 heterocycles. The van der Waals surface area contributed by atoms with Crippen LogP contribution in [-0.4, -0.2) is 36.3 Å². The Bertz CT molecular complexity index is 853. The zero-order chi connectivity index (χ0) is 18.1. The standard InChI is InChI=1S/C22H24N2O2/c1-16-6-4-7-18(14-16)22(26)24-13-5-8-17-15-19(9-10-20(17)24)21(25)23-11-2-3-12-23/h4,6-7,9-10,14-15H,2-3,5,8,11-13H2,1H3. The minimum Gasteiger partial charge on any atom is -0.339 e. The van der Waals surface area contributed by atoms with Gasteiger partial charge in [0.25, 0.3) is 11.8 Å². The third-order valence-electron chi connectivity index (χ3n) is 5.35. The molecule has 0 aliphatic carbocycles. The predicted molar refractivity (Wildman–Crippen MR) is 103 cm³/mol. The number of rotatable bonds is 2. The summed E-state index contributed by atoms with van der Waals surface area (Å²) in [5.41, 5.74) is 4.59. The fourth-order valence-corrected chi connectivity index (χ4v) is 3.98. The maximum atomic E-state index is 13.0. The Labute approximate surface area is 154 Å². The molecule has 1 fully saturated rings. The normalized spacial score (nSPS) is 16.5. The van der Waals surface area contributed by atoms with Crippen LogP contribution in [0.2, 0.25) is 0 Å². The molecule has 0 atom stereocenters. The first-order chi connectivity index (χ1) is 12.6. The van der Waals surface area contributed by atoms with Crippen LogP contribution in [0.15, 0.2) is 42.5 Å². The number of carbonyl (C=O) groups excluding carboxylic acids is 2. The maximum absolute atomic E-state index is 13.0. The van der Waals surface area contributed by atoms with Crippen LogP contribution in [0.5, 0.6) is 0 Å². The highest BCUT2D eigenvalue weighted by Crippen LogP contribution is 2.30. The molecule has 2 aliphatic rings. The van der Waals surface area contributed by atoms with Gasteiger partial charge in [-0.2, -0.15) is 0 Å². The Kier molecular flexibility index (Phi) is 4.49. The molecule has 2 aromatic rings. The van der Waals surface area contributed by atoms with Gasteiger partial charge in [-0.05, 0) is 68.5 Å². The van der Waals surface area contributed by atoms with E-state index in [1.165, 1.54) is 0 Å². The second-order valence-electron chi connectivity index (χ2n) is 7.27. The first-order valence-electron chi connectivity index (χ1n) is 9.44. The molecule has 4 rings (SSSR count). The minimum absolute atomic E-state index is 0.0354. The number of anilines is 1. The van der Waals surface area contributed by atoms with E-state index in [0.29, 0.717) is 0 Å². The van der Waals surface area contributed by atoms with Gasteiger partial charge in [-0.25, -0.2) is 0 Å². The van der Waals surface area contributed by atoms with E-state index in [4.69, 9.17) is 0 Å². The van der Waals surface area contributed by atoms with Gasteiger partial charge in [0.05, 0.1) is 0 Å². The van der Waals surface area contributed by atoms with Gasteiger partial charge < -0.3 is 9.80 Å². The molecule has 0 unspecified atom stereocenters. The summed E-state index contributed by atoms with van der Waals surface area (Å²) < 4.78 is 0. The summed E-state index contributed by atoms with van der Waals surface area (Å²) in [6.07, 6.45) is 4.02. The van der Waals surface area contributed by atoms with Crippen molar-refractivity contribution < 1.29 is 9.59 Å². The average Bonchev–Trinajstić information content (AvgIpc) is 3.20. The molecular formula is C22H24N2O2. The number of benzene rings is 2. The molecule has 2 aliphatic heterocycles. The number of hydrogen-bond donors (Lipinski definition) is 0. The van der Waals surface area contributed by atoms with E-state index >= 15 is 0 Å². The van der Waals surface area contributed by atoms with Gasteiger partial charge in [-0.15, -0.1) is 0 Å². The summed E-state index contributed by atoms with van der Waals surface area (Å²) in [6, 6.07) is 13.5. The largest absolute Gasteiger partial charge is 0.339 e. The molecule has 134 valence electrons. The lowest BCUT2D eigenvalue weighted by Gasteiger charge is -2.30. The first-order valence-corrected chi connectivity index (χ1v) is 9.44. The molecule has 1 saturated heterocycles. The monoisotopic (exact) mass is 348 g/mol. The second-order valence-corrected chi connectivity index (χ2v) is 7.27. The maximum Gasteiger partial charge on any atom is 0.258 e. The van der Waals surface area contributed by atoms with Gasteiger partial charge in [-0.3, -0.25) is 9.59 Å². The van der Waals surface area contributed by atoms with Gasteiger partial charge in [0.15, 0.2) is 0 Å². The SMILES string of the molecule is Cc1cccc(C(=O)N2CCCc3cc(C(=O)N4CCCC4)ccc32)c1. The van der Waals surface area contributed by atoms with Crippen molar-refractivity contribution in [3.8, 4) is 0 Å². The number of likely N-dealkylation sites (tertiary alicyclic amines) is 1. The van der Waals surface area contributed by atoms with Crippen molar-refractivity contribution >= 4 is 17.5 Å². The summed E-state index contributed by atoms with van der Waals surface area (Å²) >= 11 is 0. The highest BCUT2D eigenvalue weighted by Gasteiger charge is 2.26. The van der Waals surface area contributed by atoms with Crippen molar-refractivity contribution in [1.82, 2.24) is 4.90 Å². The van der Waals surface area contributed by atoms with Crippen LogP contribution >= 0.6 is 0 Å². The number of nitrogens with zero attached hydrogens (tertiary/aromatic N) is 2. The summed E-state index contributed by atoms with van der Waals surface area (Å²) in [7, 11) is 0. The lowest BCUT2D eigenvalue weighted by atomic mass is 9.97. The fraction of sp³-hybridized carbons (Fsp3) is 0.364. The number of fused-ring (bicyclic) bond motifs is 1. The molecule has 2 aromatic carbocycles. The van der Waals surface area contributed by atoms with Crippen LogP contribution in [0.3, 0.4) is 0 Å². The molecule has 0 radical (unpaired) electrons. The van der Waals surface area contributed by atoms with E-state index in [9.17, 15) is 9.59 Å². The van der Waals surface area contributed by atoms with Crippen LogP contribution in [0.25, 0.3) is 0 Å². The third-order valence-corrected chi connectivity index (χ3v) is 5.35. The molecule has 4 nitrogen and oxygen atoms in total. The van der Waals surface area contributed by atoms with Gasteiger partial charge in [-0.1, -0.05) is 17.7 Å². The van der Waals surface area contributed by atoms with E-state index in [1.54, 1.807) is 0 Å². The van der Waals surface area contributed by atoms with Gasteiger partial charge >= 0.3 is 0 Å². The molecular weight excluding hydrogens is 324 g/mol. The molecule has 26 heavy (non-hydrogen) atoms. The van der Waals surface area contributed by atoms with E-state index in [0.717, 1.165) is 73.3 Å². The van der Waals surface area contributed by atoms with Gasteiger partial charge in [0, 0.05) is 36.4 Å². The molecule has 4 heteroatoms. The topological polar surface area (TPSA) is 40.6 Å². The summed E-state index contributed by atoms with van der Waals surface area (Å²) in [6.45, 7) is 4.43. The number of amides is 2. The zero-order valence-corrected chi connectivity index (χ0v) is 15.2. The van der Waals surface area contributed by atoms with E-state index in [1.807, 2.05) is 59.2 Å². The molecule has 0 saturated carbocycles. The lowest BCUT2D eigenvalue weighted by molar-refractivity contribution is 0.0792. The van der Waals surface area contributed by atoms with Crippen molar-refractivity contribution in [3.63, 3.8) is 0 Å². The van der Waals surface area contributed by atoms with Crippen LogP contribution in [-0.2, 0) is 6.42 Å². The average molecular weight is 348 g/mol. The molecule has 2 amide bonds. The van der Waals surface area contributed by atoms with Crippen molar-refractivity contribution in [3.05, 3.63) is 64.7 Å². The Morgan fingerprint density at radius 3 is 2.38 bits per heavy atom. The third kappa shape index (κ3) is 3.12. The van der Waals surface area contributed by atoms with Crippen LogP contribution in [0.1, 0.15) is 51.1 Å². The minimum atomic E-state index is 0.0354. The van der Waals surface area contributed by atoms with E-state index in [-0.39, 0.29) is 11.8 Å². The van der Waals surface area contributed by atoms with Crippen molar-refractivity contribution in [1.29, 1.82) is 0 Å². The number of aryl methyl sites for hydroxylation is 2. The van der Waals surface area contributed by atoms with Crippen LogP contribution in [0.4, 0.5) is 5.69 Å². The van der Waals surface area contributed by atoms with Crippen LogP contribution < -0.4 is 4.90 Å². The Morgan fingerprint density at radius 1 is 0.846 bits per heavy atom. The van der Waals surface area contributed by atoms with E-state index < -0.39 is 0 Å². The number of hydrogen-bond acceptors (Lipinski definition) is 2. The van der Waals surface area contributed by atoms with Gasteiger partial charge in [0.2, 0.25) is 0 Å². The zero-order valence-electron chi connectivity index (χ0n) is 15.2. The molecule has 0 spiro atoms. The Morgan fingerprint density at radius 2 is 1.62 bits per heavy atom. The second kappa shape index (κ2) is 6.94. The fourth-order valence-electron chi connectivity index (χ4n) is 3.98. The quantitative estimate of drug-likeness (QED) is 0.828. The molecule has 0 bridgehead atoms. The van der Waals surface area contributed by atoms with E-state index in [2.05, 4.69) is 0 Å². The molecule has 0 aromatic heterocycles. The number of carbonyl (C=O) groups is 2. The highest BCUT2D eigenvalue weighted by molar-refractivity contribution is 6.07. The summed E-state index contributed by atoms with van der Waals surface area (Å²) in [5.74, 6) is 0.153. The summed E-state index contributed by atoms with van der Waals surface area (Å²) in [4.78, 5) is 29.4. The molecule has 0 N–H and O–H groups in total. The van der Waals surface area contributed by atoms with Crippen LogP contribution in [0, 0.1) is 6.92 Å². The van der Waals surface area contributed by atoms with Crippen molar-refractivity contribution in [2.75, 3.05) is 24.5 Å². The van der Waals surface area contributed by atoms with Gasteiger partial charge in [0.1, 0.15) is 0 Å². The summed E-state index contributed by atoms with van der Waals surface area (Å²) in [5, 5.41) is 0. The Hall–Kier alpha value is -2.62. The Balaban J connectivity index is 1.62.